The van der Waals surface area contributed by atoms with Gasteiger partial charge in [0.05, 0.1) is 13.2 Å². The summed E-state index contributed by atoms with van der Waals surface area (Å²) in [5.74, 6) is -0.0854. The number of hydrogen-bond donors (Lipinski definition) is 2. The van der Waals surface area contributed by atoms with Crippen LogP contribution in [-0.4, -0.2) is 48.8 Å². The van der Waals surface area contributed by atoms with Crippen LogP contribution >= 0.6 is 0 Å². The number of rotatable bonds is 6. The molecule has 1 aliphatic heterocycles. The monoisotopic (exact) mass is 369 g/mol. The molecular formula is C20H27N5O2. The van der Waals surface area contributed by atoms with E-state index in [1.807, 2.05) is 0 Å². The number of aromatic nitrogens is 2. The lowest BCUT2D eigenvalue weighted by Gasteiger charge is -2.39. The Morgan fingerprint density at radius 2 is 2.11 bits per heavy atom. The second-order valence-corrected chi connectivity index (χ2v) is 7.73. The Kier molecular flexibility index (Phi) is 5.82. The average Bonchev–Trinajstić information content (AvgIpc) is 2.62. The van der Waals surface area contributed by atoms with Gasteiger partial charge in [0.2, 0.25) is 0 Å². The number of nitrogens with two attached hydrogens (primary N) is 1. The molecule has 1 unspecified atom stereocenters. The first-order chi connectivity index (χ1) is 13.0. The number of hydrogen-bond acceptors (Lipinski definition) is 7. The maximum absolute atomic E-state index is 13.1. The van der Waals surface area contributed by atoms with Crippen LogP contribution < -0.4 is 11.1 Å². The van der Waals surface area contributed by atoms with Gasteiger partial charge >= 0.3 is 0 Å². The molecule has 7 heteroatoms. The zero-order chi connectivity index (χ0) is 19.4. The van der Waals surface area contributed by atoms with Gasteiger partial charge in [0.1, 0.15) is 6.33 Å². The third-order valence-corrected chi connectivity index (χ3v) is 4.86. The van der Waals surface area contributed by atoms with E-state index in [1.165, 1.54) is 6.33 Å². The van der Waals surface area contributed by atoms with Crippen LogP contribution in [0.2, 0.25) is 0 Å². The van der Waals surface area contributed by atoms with Crippen molar-refractivity contribution in [3.8, 4) is 0 Å². The first kappa shape index (κ1) is 19.4. The summed E-state index contributed by atoms with van der Waals surface area (Å²) < 4.78 is 5.70. The predicted octanol–water partition coefficient (Wildman–Crippen LogP) is 1.74. The Morgan fingerprint density at radius 1 is 1.37 bits per heavy atom. The van der Waals surface area contributed by atoms with E-state index in [1.54, 1.807) is 25.7 Å². The molecule has 0 bridgehead atoms. The van der Waals surface area contributed by atoms with Gasteiger partial charge in [0, 0.05) is 72.6 Å². The second-order valence-electron chi connectivity index (χ2n) is 7.73. The van der Waals surface area contributed by atoms with Crippen molar-refractivity contribution in [2.75, 3.05) is 26.8 Å². The molecule has 1 aliphatic carbocycles. The summed E-state index contributed by atoms with van der Waals surface area (Å²) in [6, 6.07) is 0. The molecule has 144 valence electrons. The van der Waals surface area contributed by atoms with Gasteiger partial charge in [-0.1, -0.05) is 13.8 Å². The summed E-state index contributed by atoms with van der Waals surface area (Å²) in [6.45, 7) is 5.55. The van der Waals surface area contributed by atoms with Crippen molar-refractivity contribution in [1.82, 2.24) is 15.3 Å². The van der Waals surface area contributed by atoms with E-state index in [9.17, 15) is 4.79 Å². The molecule has 2 aliphatic rings. The third-order valence-electron chi connectivity index (χ3n) is 4.86. The fourth-order valence-corrected chi connectivity index (χ4v) is 3.84. The molecule has 0 amide bonds. The minimum atomic E-state index is -0.244. The van der Waals surface area contributed by atoms with Crippen molar-refractivity contribution < 1.29 is 9.53 Å². The van der Waals surface area contributed by atoms with Crippen molar-refractivity contribution in [1.29, 1.82) is 0 Å². The largest absolute Gasteiger partial charge is 0.374 e. The fraction of sp³-hybridized carbons (Fsp3) is 0.500. The van der Waals surface area contributed by atoms with E-state index >= 15 is 0 Å². The second kappa shape index (κ2) is 8.10. The van der Waals surface area contributed by atoms with E-state index in [4.69, 9.17) is 10.5 Å². The van der Waals surface area contributed by atoms with Crippen LogP contribution in [-0.2, 0) is 9.53 Å². The number of carbonyl (C=O) groups excluding carboxylic acids is 1. The Bertz CT molecular complexity index is 796. The molecule has 3 N–H and O–H groups in total. The number of nitrogens with zero attached hydrogens (tertiary/aromatic N) is 3. The summed E-state index contributed by atoms with van der Waals surface area (Å²) in [7, 11) is 1.72. The van der Waals surface area contributed by atoms with Crippen molar-refractivity contribution in [3.05, 3.63) is 46.8 Å². The lowest BCUT2D eigenvalue weighted by molar-refractivity contribution is -0.118. The van der Waals surface area contributed by atoms with E-state index in [2.05, 4.69) is 34.1 Å². The molecule has 0 aromatic carbocycles. The fourth-order valence-electron chi connectivity index (χ4n) is 3.84. The normalized spacial score (nSPS) is 22.2. The molecular weight excluding hydrogens is 342 g/mol. The molecule has 1 atom stereocenters. The standard InChI is InChI=1S/C20H27N5O2/c1-20(2)6-15-19(17(26)7-20)18(13-8-23-12-24-9-13)14(10-22-3)16(25-15)11-27-5-4-21/h8-10,12,18,25H,4-7,11,21H2,1-3H3. The summed E-state index contributed by atoms with van der Waals surface area (Å²) in [6.07, 6.45) is 8.14. The highest BCUT2D eigenvalue weighted by Gasteiger charge is 2.41. The van der Waals surface area contributed by atoms with Gasteiger partial charge in [-0.25, -0.2) is 9.97 Å². The zero-order valence-corrected chi connectivity index (χ0v) is 16.2. The predicted molar refractivity (Wildman–Crippen MR) is 104 cm³/mol. The molecule has 0 saturated heterocycles. The van der Waals surface area contributed by atoms with E-state index in [0.717, 1.165) is 34.5 Å². The lowest BCUT2D eigenvalue weighted by atomic mass is 9.69. The van der Waals surface area contributed by atoms with Crippen LogP contribution in [0.15, 0.2) is 46.3 Å². The lowest BCUT2D eigenvalue weighted by Crippen LogP contribution is -2.39. The molecule has 3 rings (SSSR count). The highest BCUT2D eigenvalue weighted by Crippen LogP contribution is 2.45. The molecule has 0 spiro atoms. The number of ketones is 1. The Balaban J connectivity index is 2.11. The third kappa shape index (κ3) is 4.14. The number of Topliss-reactive ketones (excluding diaryl/α,β-unsaturated/α-hetero) is 1. The number of ether oxygens (including phenoxy) is 1. The van der Waals surface area contributed by atoms with Gasteiger partial charge < -0.3 is 15.8 Å². The first-order valence-corrected chi connectivity index (χ1v) is 9.18. The number of nitrogens with one attached hydrogen (secondary N) is 1. The average molecular weight is 369 g/mol. The molecule has 1 aromatic heterocycles. The first-order valence-electron chi connectivity index (χ1n) is 9.18. The van der Waals surface area contributed by atoms with Gasteiger partial charge in [-0.15, -0.1) is 0 Å². The van der Waals surface area contributed by atoms with Crippen LogP contribution in [0.4, 0.5) is 0 Å². The minimum Gasteiger partial charge on any atom is -0.374 e. The Hall–Kier alpha value is -2.38. The number of dihydropyridines is 1. The Morgan fingerprint density at radius 3 is 2.78 bits per heavy atom. The van der Waals surface area contributed by atoms with Crippen LogP contribution in [0.25, 0.3) is 0 Å². The highest BCUT2D eigenvalue weighted by atomic mass is 16.5. The summed E-state index contributed by atoms with van der Waals surface area (Å²) >= 11 is 0. The number of aliphatic imine (C=N–C) groups is 1. The minimum absolute atomic E-state index is 0.0831. The van der Waals surface area contributed by atoms with Crippen LogP contribution in [0.1, 0.15) is 38.2 Å². The smallest absolute Gasteiger partial charge is 0.162 e. The summed E-state index contributed by atoms with van der Waals surface area (Å²) in [5, 5.41) is 3.48. The van der Waals surface area contributed by atoms with Crippen molar-refractivity contribution >= 4 is 12.0 Å². The van der Waals surface area contributed by atoms with E-state index in [-0.39, 0.29) is 17.1 Å². The summed E-state index contributed by atoms with van der Waals surface area (Å²) in [5.41, 5.74) is 9.93. The molecule has 0 radical (unpaired) electrons. The van der Waals surface area contributed by atoms with Gasteiger partial charge in [0.15, 0.2) is 5.78 Å². The van der Waals surface area contributed by atoms with Crippen LogP contribution in [0.5, 0.6) is 0 Å². The van der Waals surface area contributed by atoms with E-state index in [0.29, 0.717) is 26.2 Å². The van der Waals surface area contributed by atoms with Gasteiger partial charge in [-0.3, -0.25) is 9.79 Å². The molecule has 1 aromatic rings. The molecule has 0 saturated carbocycles. The Labute approximate surface area is 159 Å². The van der Waals surface area contributed by atoms with Crippen LogP contribution in [0.3, 0.4) is 0 Å². The SMILES string of the molecule is CN=CC1=C(COCCN)NC2=C(C(=O)CC(C)(C)C2)C1c1cncnc1. The van der Waals surface area contributed by atoms with Gasteiger partial charge in [0.25, 0.3) is 0 Å². The van der Waals surface area contributed by atoms with E-state index < -0.39 is 0 Å². The quantitative estimate of drug-likeness (QED) is 0.585. The van der Waals surface area contributed by atoms with Gasteiger partial charge in [-0.2, -0.15) is 0 Å². The zero-order valence-electron chi connectivity index (χ0n) is 16.2. The van der Waals surface area contributed by atoms with Crippen molar-refractivity contribution in [2.45, 2.75) is 32.6 Å². The molecule has 7 nitrogen and oxygen atoms in total. The maximum Gasteiger partial charge on any atom is 0.162 e. The maximum atomic E-state index is 13.1. The van der Waals surface area contributed by atoms with Crippen molar-refractivity contribution in [2.24, 2.45) is 16.1 Å². The number of allylic oxidation sites excluding steroid dienone is 3. The van der Waals surface area contributed by atoms with Crippen LogP contribution in [0, 0.1) is 5.41 Å². The highest BCUT2D eigenvalue weighted by molar-refractivity contribution is 6.02. The summed E-state index contributed by atoms with van der Waals surface area (Å²) in [4.78, 5) is 25.6. The van der Waals surface area contributed by atoms with Crippen molar-refractivity contribution in [3.63, 3.8) is 0 Å². The number of carbonyl (C=O) groups is 1. The topological polar surface area (TPSA) is 102 Å². The molecule has 27 heavy (non-hydrogen) atoms. The molecule has 0 fully saturated rings. The molecule has 2 heterocycles. The van der Waals surface area contributed by atoms with Gasteiger partial charge in [-0.05, 0) is 11.8 Å².